The summed E-state index contributed by atoms with van der Waals surface area (Å²) in [5, 5.41) is 0. The maximum absolute atomic E-state index is 12.4. The topological polar surface area (TPSA) is 35.5 Å². The summed E-state index contributed by atoms with van der Waals surface area (Å²) >= 11 is 0. The molecule has 3 nitrogen and oxygen atoms in total. The second kappa shape index (κ2) is 6.83. The summed E-state index contributed by atoms with van der Waals surface area (Å²) in [6, 6.07) is 4.46. The van der Waals surface area contributed by atoms with Crippen LogP contribution < -0.4 is 4.74 Å². The number of rotatable bonds is 6. The highest BCUT2D eigenvalue weighted by Crippen LogP contribution is 2.30. The van der Waals surface area contributed by atoms with E-state index in [1.54, 1.807) is 20.8 Å². The molecule has 1 rings (SSSR count). The van der Waals surface area contributed by atoms with Gasteiger partial charge in [0.25, 0.3) is 0 Å². The van der Waals surface area contributed by atoms with Crippen molar-refractivity contribution in [2.75, 3.05) is 13.2 Å². The Balaban J connectivity index is 2.51. The Labute approximate surface area is 122 Å². The van der Waals surface area contributed by atoms with Crippen LogP contribution >= 0.6 is 0 Å². The fourth-order valence-corrected chi connectivity index (χ4v) is 1.59. The zero-order valence-corrected chi connectivity index (χ0v) is 12.3. The van der Waals surface area contributed by atoms with E-state index in [0.717, 1.165) is 12.1 Å². The van der Waals surface area contributed by atoms with Crippen LogP contribution in [-0.4, -0.2) is 19.2 Å². The van der Waals surface area contributed by atoms with E-state index in [0.29, 0.717) is 18.8 Å². The molecule has 0 N–H and O–H groups in total. The van der Waals surface area contributed by atoms with Crippen molar-refractivity contribution < 1.29 is 27.4 Å². The summed E-state index contributed by atoms with van der Waals surface area (Å²) in [5.74, 6) is 0.0173. The number of carbonyl (C=O) groups excluding carboxylic acids is 1. The minimum absolute atomic E-state index is 0.219. The van der Waals surface area contributed by atoms with Crippen molar-refractivity contribution in [1.82, 2.24) is 0 Å². The third-order valence-electron chi connectivity index (χ3n) is 3.01. The molecule has 0 aromatic heterocycles. The summed E-state index contributed by atoms with van der Waals surface area (Å²) in [5.41, 5.74) is -1.41. The molecule has 0 aliphatic heterocycles. The van der Waals surface area contributed by atoms with Gasteiger partial charge >= 0.3 is 12.1 Å². The second-order valence-corrected chi connectivity index (χ2v) is 5.22. The van der Waals surface area contributed by atoms with Crippen molar-refractivity contribution in [2.24, 2.45) is 5.41 Å². The molecule has 6 heteroatoms. The zero-order valence-electron chi connectivity index (χ0n) is 12.3. The van der Waals surface area contributed by atoms with Gasteiger partial charge in [-0.25, -0.2) is 0 Å². The number of halogens is 3. The summed E-state index contributed by atoms with van der Waals surface area (Å²) in [6.45, 7) is 5.73. The van der Waals surface area contributed by atoms with E-state index in [1.165, 1.54) is 12.1 Å². The molecule has 118 valence electrons. The van der Waals surface area contributed by atoms with Crippen LogP contribution in [0.1, 0.15) is 32.8 Å². The quantitative estimate of drug-likeness (QED) is 0.743. The van der Waals surface area contributed by atoms with Gasteiger partial charge in [-0.1, -0.05) is 0 Å². The molecule has 0 unspecified atom stereocenters. The predicted octanol–water partition coefficient (Wildman–Crippen LogP) is 4.06. The lowest BCUT2D eigenvalue weighted by Crippen LogP contribution is -2.28. The van der Waals surface area contributed by atoms with Gasteiger partial charge in [-0.2, -0.15) is 13.2 Å². The molecule has 21 heavy (non-hydrogen) atoms. The maximum Gasteiger partial charge on any atom is 0.416 e. The van der Waals surface area contributed by atoms with Crippen LogP contribution in [-0.2, 0) is 15.7 Å². The molecule has 0 radical (unpaired) electrons. The first-order chi connectivity index (χ1) is 9.66. The van der Waals surface area contributed by atoms with E-state index in [4.69, 9.17) is 9.47 Å². The zero-order chi connectivity index (χ0) is 16.1. The Kier molecular flexibility index (Phi) is 5.63. The molecule has 1 aromatic carbocycles. The number of alkyl halides is 3. The third-order valence-corrected chi connectivity index (χ3v) is 3.01. The minimum atomic E-state index is -4.36. The lowest BCUT2D eigenvalue weighted by molar-refractivity contribution is -0.154. The van der Waals surface area contributed by atoms with Gasteiger partial charge in [0.15, 0.2) is 0 Å². The van der Waals surface area contributed by atoms with E-state index >= 15 is 0 Å². The highest BCUT2D eigenvalue weighted by molar-refractivity contribution is 5.75. The average Bonchev–Trinajstić information content (AvgIpc) is 2.38. The van der Waals surface area contributed by atoms with Crippen molar-refractivity contribution in [3.8, 4) is 5.75 Å². The smallest absolute Gasteiger partial charge is 0.416 e. The van der Waals surface area contributed by atoms with Crippen molar-refractivity contribution >= 4 is 5.97 Å². The molecule has 0 saturated heterocycles. The van der Waals surface area contributed by atoms with Crippen LogP contribution in [0, 0.1) is 5.41 Å². The van der Waals surface area contributed by atoms with Crippen LogP contribution in [0.25, 0.3) is 0 Å². The number of benzene rings is 1. The second-order valence-electron chi connectivity index (χ2n) is 5.22. The van der Waals surface area contributed by atoms with Crippen LogP contribution in [0.3, 0.4) is 0 Å². The van der Waals surface area contributed by atoms with Gasteiger partial charge in [-0.15, -0.1) is 0 Å². The monoisotopic (exact) mass is 304 g/mol. The largest absolute Gasteiger partial charge is 0.494 e. The van der Waals surface area contributed by atoms with Gasteiger partial charge < -0.3 is 9.47 Å². The highest BCUT2D eigenvalue weighted by Gasteiger charge is 2.30. The van der Waals surface area contributed by atoms with Gasteiger partial charge in [0.1, 0.15) is 5.75 Å². The van der Waals surface area contributed by atoms with Gasteiger partial charge in [-0.3, -0.25) is 4.79 Å². The molecule has 0 atom stereocenters. The Hall–Kier alpha value is -1.72. The Bertz CT molecular complexity index is 464. The standard InChI is InChI=1S/C15H19F3O3/c1-4-20-13(19)14(2,3)9-10-21-12-7-5-11(6-8-12)15(16,17)18/h5-8H,4,9-10H2,1-3H3. The SMILES string of the molecule is CCOC(=O)C(C)(C)CCOc1ccc(C(F)(F)F)cc1. The number of esters is 1. The minimum Gasteiger partial charge on any atom is -0.494 e. The third kappa shape index (κ3) is 5.28. The van der Waals surface area contributed by atoms with Gasteiger partial charge in [-0.05, 0) is 51.5 Å². The van der Waals surface area contributed by atoms with Gasteiger partial charge in [0.2, 0.25) is 0 Å². The first kappa shape index (κ1) is 17.3. The van der Waals surface area contributed by atoms with E-state index in [1.807, 2.05) is 0 Å². The average molecular weight is 304 g/mol. The Morgan fingerprint density at radius 2 is 1.71 bits per heavy atom. The molecule has 1 aromatic rings. The van der Waals surface area contributed by atoms with Crippen LogP contribution in [0.5, 0.6) is 5.75 Å². The molecule has 0 amide bonds. The fraction of sp³-hybridized carbons (Fsp3) is 0.533. The van der Waals surface area contributed by atoms with E-state index in [2.05, 4.69) is 0 Å². The number of ether oxygens (including phenoxy) is 2. The number of carbonyl (C=O) groups is 1. The van der Waals surface area contributed by atoms with E-state index < -0.39 is 17.2 Å². The molecule has 0 spiro atoms. The lowest BCUT2D eigenvalue weighted by Gasteiger charge is -2.22. The first-order valence-electron chi connectivity index (χ1n) is 6.64. The van der Waals surface area contributed by atoms with E-state index in [-0.39, 0.29) is 12.6 Å². The van der Waals surface area contributed by atoms with Gasteiger partial charge in [0.05, 0.1) is 24.2 Å². The van der Waals surface area contributed by atoms with Crippen molar-refractivity contribution in [3.63, 3.8) is 0 Å². The summed E-state index contributed by atoms with van der Waals surface area (Å²) < 4.78 is 47.5. The maximum atomic E-state index is 12.4. The number of hydrogen-bond acceptors (Lipinski definition) is 3. The highest BCUT2D eigenvalue weighted by atomic mass is 19.4. The summed E-state index contributed by atoms with van der Waals surface area (Å²) in [7, 11) is 0. The molecule has 0 aliphatic carbocycles. The molecule has 0 bridgehead atoms. The summed E-state index contributed by atoms with van der Waals surface area (Å²) in [6.07, 6.45) is -3.95. The predicted molar refractivity (Wildman–Crippen MR) is 72.0 cm³/mol. The summed E-state index contributed by atoms with van der Waals surface area (Å²) in [4.78, 5) is 11.7. The molecule has 0 fully saturated rings. The van der Waals surface area contributed by atoms with Crippen molar-refractivity contribution in [1.29, 1.82) is 0 Å². The van der Waals surface area contributed by atoms with Crippen LogP contribution in [0.15, 0.2) is 24.3 Å². The Morgan fingerprint density at radius 1 is 1.14 bits per heavy atom. The van der Waals surface area contributed by atoms with Gasteiger partial charge in [0, 0.05) is 0 Å². The van der Waals surface area contributed by atoms with Crippen molar-refractivity contribution in [3.05, 3.63) is 29.8 Å². The molecular weight excluding hydrogens is 285 g/mol. The number of hydrogen-bond donors (Lipinski definition) is 0. The van der Waals surface area contributed by atoms with Crippen LogP contribution in [0.4, 0.5) is 13.2 Å². The normalized spacial score (nSPS) is 12.1. The fourth-order valence-electron chi connectivity index (χ4n) is 1.59. The lowest BCUT2D eigenvalue weighted by atomic mass is 9.90. The van der Waals surface area contributed by atoms with E-state index in [9.17, 15) is 18.0 Å². The molecule has 0 aliphatic rings. The van der Waals surface area contributed by atoms with Crippen LogP contribution in [0.2, 0.25) is 0 Å². The van der Waals surface area contributed by atoms with Crippen molar-refractivity contribution in [2.45, 2.75) is 33.4 Å². The first-order valence-corrected chi connectivity index (χ1v) is 6.64. The Morgan fingerprint density at radius 3 is 2.19 bits per heavy atom. The molecule has 0 saturated carbocycles. The molecular formula is C15H19F3O3. The molecule has 0 heterocycles.